The maximum Gasteiger partial charge on any atom is 0.248 e. The SMILES string of the molecule is Cc1ccc(N2C(=O)C[C@H](C(=O)Nc3ccc(C(N)=O)cc3)[C@@H]2c2cccs2)cc1. The lowest BCUT2D eigenvalue weighted by molar-refractivity contribution is -0.122. The lowest BCUT2D eigenvalue weighted by Gasteiger charge is -2.27. The molecule has 2 heterocycles. The number of aryl methyl sites for hydroxylation is 1. The molecule has 1 aliphatic heterocycles. The molecule has 2 aromatic carbocycles. The molecule has 0 aliphatic carbocycles. The Morgan fingerprint density at radius 3 is 2.37 bits per heavy atom. The minimum atomic E-state index is -0.534. The summed E-state index contributed by atoms with van der Waals surface area (Å²) in [6.45, 7) is 1.99. The molecule has 0 spiro atoms. The molecule has 3 aromatic rings. The second kappa shape index (κ2) is 8.12. The first-order valence-electron chi connectivity index (χ1n) is 9.57. The lowest BCUT2D eigenvalue weighted by Crippen LogP contribution is -2.32. The zero-order valence-corrected chi connectivity index (χ0v) is 17.2. The number of primary amides is 1. The summed E-state index contributed by atoms with van der Waals surface area (Å²) in [6.07, 6.45) is 0.127. The van der Waals surface area contributed by atoms with E-state index in [0.717, 1.165) is 16.1 Å². The largest absolute Gasteiger partial charge is 0.366 e. The summed E-state index contributed by atoms with van der Waals surface area (Å²) in [5.74, 6) is -1.38. The van der Waals surface area contributed by atoms with Crippen LogP contribution >= 0.6 is 11.3 Å². The fourth-order valence-corrected chi connectivity index (χ4v) is 4.60. The molecule has 0 bridgehead atoms. The maximum atomic E-state index is 13.1. The minimum absolute atomic E-state index is 0.0820. The van der Waals surface area contributed by atoms with Gasteiger partial charge in [0.2, 0.25) is 17.7 Å². The van der Waals surface area contributed by atoms with Crippen LogP contribution in [0.2, 0.25) is 0 Å². The lowest BCUT2D eigenvalue weighted by atomic mass is 9.97. The van der Waals surface area contributed by atoms with Crippen molar-refractivity contribution in [1.29, 1.82) is 0 Å². The molecule has 6 nitrogen and oxygen atoms in total. The van der Waals surface area contributed by atoms with Gasteiger partial charge in [0.15, 0.2) is 0 Å². The van der Waals surface area contributed by atoms with Gasteiger partial charge in [-0.05, 0) is 54.8 Å². The molecule has 152 valence electrons. The summed E-state index contributed by atoms with van der Waals surface area (Å²) < 4.78 is 0. The first kappa shape index (κ1) is 19.8. The van der Waals surface area contributed by atoms with E-state index in [2.05, 4.69) is 5.32 Å². The van der Waals surface area contributed by atoms with Crippen molar-refractivity contribution in [3.63, 3.8) is 0 Å². The molecule has 3 amide bonds. The van der Waals surface area contributed by atoms with E-state index in [9.17, 15) is 14.4 Å². The molecule has 1 saturated heterocycles. The highest BCUT2D eigenvalue weighted by atomic mass is 32.1. The van der Waals surface area contributed by atoms with Gasteiger partial charge < -0.3 is 16.0 Å². The topological polar surface area (TPSA) is 92.5 Å². The molecule has 0 unspecified atom stereocenters. The number of benzene rings is 2. The van der Waals surface area contributed by atoms with Crippen molar-refractivity contribution in [2.24, 2.45) is 11.7 Å². The van der Waals surface area contributed by atoms with Crippen LogP contribution in [0.4, 0.5) is 11.4 Å². The van der Waals surface area contributed by atoms with Crippen molar-refractivity contribution in [2.45, 2.75) is 19.4 Å². The Morgan fingerprint density at radius 1 is 1.07 bits per heavy atom. The van der Waals surface area contributed by atoms with E-state index >= 15 is 0 Å². The Morgan fingerprint density at radius 2 is 1.77 bits per heavy atom. The summed E-state index contributed by atoms with van der Waals surface area (Å²) in [5.41, 5.74) is 8.07. The van der Waals surface area contributed by atoms with Crippen molar-refractivity contribution in [3.8, 4) is 0 Å². The monoisotopic (exact) mass is 419 g/mol. The Labute approximate surface area is 178 Å². The quantitative estimate of drug-likeness (QED) is 0.657. The number of anilines is 2. The van der Waals surface area contributed by atoms with E-state index in [-0.39, 0.29) is 24.3 Å². The predicted molar refractivity (Wildman–Crippen MR) is 117 cm³/mol. The third-order valence-corrected chi connectivity index (χ3v) is 6.19. The van der Waals surface area contributed by atoms with Crippen LogP contribution in [-0.2, 0) is 9.59 Å². The Hall–Kier alpha value is -3.45. The highest BCUT2D eigenvalue weighted by Gasteiger charge is 2.45. The number of nitrogens with two attached hydrogens (primary N) is 1. The van der Waals surface area contributed by atoms with Gasteiger partial charge in [0.1, 0.15) is 0 Å². The predicted octanol–water partition coefficient (Wildman–Crippen LogP) is 3.89. The van der Waals surface area contributed by atoms with Crippen LogP contribution in [0.1, 0.15) is 33.3 Å². The van der Waals surface area contributed by atoms with Crippen molar-refractivity contribution < 1.29 is 14.4 Å². The summed E-state index contributed by atoms with van der Waals surface area (Å²) >= 11 is 1.53. The van der Waals surface area contributed by atoms with Gasteiger partial charge >= 0.3 is 0 Å². The maximum absolute atomic E-state index is 13.1. The van der Waals surface area contributed by atoms with Crippen molar-refractivity contribution in [1.82, 2.24) is 0 Å². The molecule has 1 aromatic heterocycles. The average Bonchev–Trinajstić information content (AvgIpc) is 3.37. The number of amides is 3. The summed E-state index contributed by atoms with van der Waals surface area (Å²) in [7, 11) is 0. The van der Waals surface area contributed by atoms with Gasteiger partial charge in [-0.25, -0.2) is 0 Å². The van der Waals surface area contributed by atoms with Gasteiger partial charge in [0.25, 0.3) is 0 Å². The molecular weight excluding hydrogens is 398 g/mol. The van der Waals surface area contributed by atoms with Crippen molar-refractivity contribution in [3.05, 3.63) is 82.0 Å². The zero-order valence-electron chi connectivity index (χ0n) is 16.4. The van der Waals surface area contributed by atoms with E-state index in [1.54, 1.807) is 29.2 Å². The molecule has 7 heteroatoms. The number of carbonyl (C=O) groups excluding carboxylic acids is 3. The van der Waals surface area contributed by atoms with Crippen LogP contribution in [0.15, 0.2) is 66.0 Å². The summed E-state index contributed by atoms with van der Waals surface area (Å²) in [4.78, 5) is 40.0. The average molecular weight is 420 g/mol. The van der Waals surface area contributed by atoms with Gasteiger partial charge in [-0.1, -0.05) is 23.8 Å². The molecule has 4 rings (SSSR count). The van der Waals surface area contributed by atoms with Gasteiger partial charge in [-0.2, -0.15) is 0 Å². The number of rotatable bonds is 5. The van der Waals surface area contributed by atoms with Crippen LogP contribution in [0.3, 0.4) is 0 Å². The number of carbonyl (C=O) groups is 3. The molecule has 1 aliphatic rings. The van der Waals surface area contributed by atoms with E-state index in [1.807, 2.05) is 48.7 Å². The van der Waals surface area contributed by atoms with Gasteiger partial charge in [0.05, 0.1) is 12.0 Å². The van der Waals surface area contributed by atoms with Gasteiger partial charge in [-0.15, -0.1) is 11.3 Å². The third kappa shape index (κ3) is 3.84. The molecule has 0 radical (unpaired) electrons. The van der Waals surface area contributed by atoms with E-state index in [4.69, 9.17) is 5.73 Å². The van der Waals surface area contributed by atoms with Crippen LogP contribution in [-0.4, -0.2) is 17.7 Å². The minimum Gasteiger partial charge on any atom is -0.366 e. The standard InChI is InChI=1S/C23H21N3O3S/c1-14-4-10-17(11-5-14)26-20(27)13-18(21(26)19-3-2-12-30-19)23(29)25-16-8-6-15(7-9-16)22(24)28/h2-12,18,21H,13H2,1H3,(H2,24,28)(H,25,29)/t18-,21+/m0/s1. The molecule has 30 heavy (non-hydrogen) atoms. The third-order valence-electron chi connectivity index (χ3n) is 5.24. The van der Waals surface area contributed by atoms with E-state index in [0.29, 0.717) is 11.3 Å². The fraction of sp³-hybridized carbons (Fsp3) is 0.174. The first-order chi connectivity index (χ1) is 14.4. The fourth-order valence-electron chi connectivity index (χ4n) is 3.72. The smallest absolute Gasteiger partial charge is 0.248 e. The van der Waals surface area contributed by atoms with Crippen LogP contribution in [0.5, 0.6) is 0 Å². The van der Waals surface area contributed by atoms with Crippen LogP contribution in [0, 0.1) is 12.8 Å². The molecular formula is C23H21N3O3S. The van der Waals surface area contributed by atoms with Crippen LogP contribution in [0.25, 0.3) is 0 Å². The highest BCUT2D eigenvalue weighted by Crippen LogP contribution is 2.43. The second-order valence-electron chi connectivity index (χ2n) is 7.30. The van der Waals surface area contributed by atoms with Crippen molar-refractivity contribution >= 4 is 40.4 Å². The molecule has 2 atom stereocenters. The van der Waals surface area contributed by atoms with Crippen LogP contribution < -0.4 is 16.0 Å². The van der Waals surface area contributed by atoms with E-state index < -0.39 is 11.8 Å². The summed E-state index contributed by atoms with van der Waals surface area (Å²) in [6, 6.07) is 17.6. The Kier molecular flexibility index (Phi) is 5.37. The summed E-state index contributed by atoms with van der Waals surface area (Å²) in [5, 5.41) is 4.83. The number of hydrogen-bond donors (Lipinski definition) is 2. The zero-order chi connectivity index (χ0) is 21.3. The Bertz CT molecular complexity index is 1080. The second-order valence-corrected chi connectivity index (χ2v) is 8.28. The number of hydrogen-bond acceptors (Lipinski definition) is 4. The number of nitrogens with one attached hydrogen (secondary N) is 1. The Balaban J connectivity index is 1.62. The van der Waals surface area contributed by atoms with Crippen molar-refractivity contribution in [2.75, 3.05) is 10.2 Å². The molecule has 0 saturated carbocycles. The highest BCUT2D eigenvalue weighted by molar-refractivity contribution is 7.10. The number of nitrogens with zero attached hydrogens (tertiary/aromatic N) is 1. The van der Waals surface area contributed by atoms with Gasteiger partial charge in [-0.3, -0.25) is 14.4 Å². The molecule has 3 N–H and O–H groups in total. The first-order valence-corrected chi connectivity index (χ1v) is 10.4. The van der Waals surface area contributed by atoms with Gasteiger partial charge in [0, 0.05) is 28.2 Å². The van der Waals surface area contributed by atoms with E-state index in [1.165, 1.54) is 11.3 Å². The normalized spacial score (nSPS) is 18.4. The molecule has 1 fully saturated rings. The number of thiophene rings is 1.